The van der Waals surface area contributed by atoms with E-state index in [1.165, 1.54) is 6.07 Å². The van der Waals surface area contributed by atoms with Crippen LogP contribution >= 0.6 is 15.9 Å². The second-order valence-corrected chi connectivity index (χ2v) is 4.94. The molecule has 0 aliphatic heterocycles. The maximum absolute atomic E-state index is 14.1. The predicted molar refractivity (Wildman–Crippen MR) is 74.8 cm³/mol. The highest BCUT2D eigenvalue weighted by Gasteiger charge is 2.08. The molecule has 3 rings (SSSR count). The molecule has 2 aromatic carbocycles. The smallest absolute Gasteiger partial charge is 0.150 e. The Balaban J connectivity index is 2.25. The van der Waals surface area contributed by atoms with E-state index in [1.54, 1.807) is 0 Å². The van der Waals surface area contributed by atoms with Gasteiger partial charge in [0.1, 0.15) is 11.5 Å². The maximum Gasteiger partial charge on any atom is 0.150 e. The SMILES string of the molecule is Fc1cc2cc(Br)ccc2nc1-c1ccccc1. The molecule has 0 atom stereocenters. The van der Waals surface area contributed by atoms with Crippen LogP contribution in [0.3, 0.4) is 0 Å². The Kier molecular flexibility index (Phi) is 2.84. The van der Waals surface area contributed by atoms with E-state index >= 15 is 0 Å². The highest BCUT2D eigenvalue weighted by Crippen LogP contribution is 2.26. The van der Waals surface area contributed by atoms with E-state index in [0.717, 1.165) is 20.9 Å². The molecular weight excluding hydrogens is 293 g/mol. The number of rotatable bonds is 1. The summed E-state index contributed by atoms with van der Waals surface area (Å²) in [5.41, 5.74) is 1.98. The first-order valence-corrected chi connectivity index (χ1v) is 6.34. The third-order valence-electron chi connectivity index (χ3n) is 2.78. The average Bonchev–Trinajstić information content (AvgIpc) is 2.39. The maximum atomic E-state index is 14.1. The quantitative estimate of drug-likeness (QED) is 0.629. The highest BCUT2D eigenvalue weighted by atomic mass is 79.9. The Bertz CT molecular complexity index is 710. The van der Waals surface area contributed by atoms with E-state index in [9.17, 15) is 4.39 Å². The zero-order valence-corrected chi connectivity index (χ0v) is 11.0. The van der Waals surface area contributed by atoms with E-state index in [0.29, 0.717) is 5.69 Å². The summed E-state index contributed by atoms with van der Waals surface area (Å²) in [5, 5.41) is 0.793. The largest absolute Gasteiger partial charge is 0.245 e. The van der Waals surface area contributed by atoms with Gasteiger partial charge in [-0.3, -0.25) is 0 Å². The summed E-state index contributed by atoms with van der Waals surface area (Å²) in [6.07, 6.45) is 0. The van der Waals surface area contributed by atoms with Crippen LogP contribution < -0.4 is 0 Å². The van der Waals surface area contributed by atoms with Crippen LogP contribution in [0.1, 0.15) is 0 Å². The summed E-state index contributed by atoms with van der Waals surface area (Å²) in [4.78, 5) is 4.39. The third-order valence-corrected chi connectivity index (χ3v) is 3.27. The number of aromatic nitrogens is 1. The fraction of sp³-hybridized carbons (Fsp3) is 0. The Morgan fingerprint density at radius 2 is 1.72 bits per heavy atom. The Hall–Kier alpha value is -1.74. The number of halogens is 2. The van der Waals surface area contributed by atoms with Crippen molar-refractivity contribution < 1.29 is 4.39 Å². The molecule has 0 fully saturated rings. The lowest BCUT2D eigenvalue weighted by molar-refractivity contribution is 0.628. The first kappa shape index (κ1) is 11.4. The second-order valence-electron chi connectivity index (χ2n) is 4.02. The number of nitrogens with zero attached hydrogens (tertiary/aromatic N) is 1. The molecule has 0 aliphatic rings. The molecule has 1 nitrogen and oxygen atoms in total. The molecule has 0 amide bonds. The molecule has 0 radical (unpaired) electrons. The minimum absolute atomic E-state index is 0.299. The van der Waals surface area contributed by atoms with Crippen LogP contribution in [-0.4, -0.2) is 4.98 Å². The molecule has 1 aromatic heterocycles. The fourth-order valence-corrected chi connectivity index (χ4v) is 2.30. The first-order chi connectivity index (χ1) is 8.74. The molecule has 0 N–H and O–H groups in total. The van der Waals surface area contributed by atoms with Gasteiger partial charge in [-0.15, -0.1) is 0 Å². The Morgan fingerprint density at radius 1 is 0.944 bits per heavy atom. The summed E-state index contributed by atoms with van der Waals surface area (Å²) >= 11 is 3.37. The lowest BCUT2D eigenvalue weighted by Crippen LogP contribution is -1.90. The van der Waals surface area contributed by atoms with E-state index in [4.69, 9.17) is 0 Å². The standard InChI is InChI=1S/C15H9BrFN/c16-12-6-7-14-11(8-12)9-13(17)15(18-14)10-4-2-1-3-5-10/h1-9H. The second kappa shape index (κ2) is 4.50. The van der Waals surface area contributed by atoms with E-state index in [2.05, 4.69) is 20.9 Å². The molecule has 0 spiro atoms. The minimum Gasteiger partial charge on any atom is -0.245 e. The van der Waals surface area contributed by atoms with Gasteiger partial charge in [0, 0.05) is 15.4 Å². The lowest BCUT2D eigenvalue weighted by Gasteiger charge is -2.05. The van der Waals surface area contributed by atoms with E-state index in [1.807, 2.05) is 48.5 Å². The van der Waals surface area contributed by atoms with Crippen molar-refractivity contribution in [2.45, 2.75) is 0 Å². The highest BCUT2D eigenvalue weighted by molar-refractivity contribution is 9.10. The van der Waals surface area contributed by atoms with Crippen molar-refractivity contribution in [3.63, 3.8) is 0 Å². The zero-order chi connectivity index (χ0) is 12.5. The molecular formula is C15H9BrFN. The van der Waals surface area contributed by atoms with Crippen molar-refractivity contribution >= 4 is 26.8 Å². The molecule has 1 heterocycles. The average molecular weight is 302 g/mol. The zero-order valence-electron chi connectivity index (χ0n) is 9.40. The molecule has 0 saturated carbocycles. The van der Waals surface area contributed by atoms with Gasteiger partial charge in [-0.1, -0.05) is 46.3 Å². The van der Waals surface area contributed by atoms with Crippen molar-refractivity contribution in [2.75, 3.05) is 0 Å². The molecule has 0 bridgehead atoms. The summed E-state index contributed by atoms with van der Waals surface area (Å²) < 4.78 is 15.0. The van der Waals surface area contributed by atoms with Crippen LogP contribution in [0.2, 0.25) is 0 Å². The van der Waals surface area contributed by atoms with Crippen molar-refractivity contribution in [3.05, 3.63) is 64.9 Å². The van der Waals surface area contributed by atoms with Crippen LogP contribution in [0.5, 0.6) is 0 Å². The van der Waals surface area contributed by atoms with Gasteiger partial charge in [0.05, 0.1) is 5.52 Å². The van der Waals surface area contributed by atoms with E-state index < -0.39 is 0 Å². The van der Waals surface area contributed by atoms with Crippen LogP contribution in [-0.2, 0) is 0 Å². The van der Waals surface area contributed by atoms with Crippen molar-refractivity contribution in [2.24, 2.45) is 0 Å². The van der Waals surface area contributed by atoms with Crippen molar-refractivity contribution in [1.29, 1.82) is 0 Å². The predicted octanol–water partition coefficient (Wildman–Crippen LogP) is 4.80. The topological polar surface area (TPSA) is 12.9 Å². The summed E-state index contributed by atoms with van der Waals surface area (Å²) in [7, 11) is 0. The number of hydrogen-bond acceptors (Lipinski definition) is 1. The van der Waals surface area contributed by atoms with Gasteiger partial charge in [0.15, 0.2) is 0 Å². The molecule has 0 aliphatic carbocycles. The van der Waals surface area contributed by atoms with Crippen LogP contribution in [0.25, 0.3) is 22.2 Å². The van der Waals surface area contributed by atoms with Gasteiger partial charge >= 0.3 is 0 Å². The van der Waals surface area contributed by atoms with Gasteiger partial charge in [-0.05, 0) is 24.3 Å². The monoisotopic (exact) mass is 301 g/mol. The summed E-state index contributed by atoms with van der Waals surface area (Å²) in [5.74, 6) is -0.299. The normalized spacial score (nSPS) is 10.8. The number of pyridine rings is 1. The molecule has 0 unspecified atom stereocenters. The number of fused-ring (bicyclic) bond motifs is 1. The summed E-state index contributed by atoms with van der Waals surface area (Å²) in [6, 6.07) is 16.5. The van der Waals surface area contributed by atoms with Crippen LogP contribution in [0.4, 0.5) is 4.39 Å². The van der Waals surface area contributed by atoms with Gasteiger partial charge in [-0.25, -0.2) is 9.37 Å². The Morgan fingerprint density at radius 3 is 2.50 bits per heavy atom. The van der Waals surface area contributed by atoms with Crippen LogP contribution in [0, 0.1) is 5.82 Å². The van der Waals surface area contributed by atoms with Crippen molar-refractivity contribution in [1.82, 2.24) is 4.98 Å². The summed E-state index contributed by atoms with van der Waals surface area (Å²) in [6.45, 7) is 0. The number of hydrogen-bond donors (Lipinski definition) is 0. The van der Waals surface area contributed by atoms with Gasteiger partial charge < -0.3 is 0 Å². The molecule has 3 aromatic rings. The first-order valence-electron chi connectivity index (χ1n) is 5.55. The molecule has 88 valence electrons. The van der Waals surface area contributed by atoms with Gasteiger partial charge in [0.2, 0.25) is 0 Å². The third kappa shape index (κ3) is 2.02. The Labute approximate surface area is 112 Å². The number of benzene rings is 2. The van der Waals surface area contributed by atoms with E-state index in [-0.39, 0.29) is 5.82 Å². The van der Waals surface area contributed by atoms with Crippen LogP contribution in [0.15, 0.2) is 59.1 Å². The van der Waals surface area contributed by atoms with Gasteiger partial charge in [0.25, 0.3) is 0 Å². The molecule has 18 heavy (non-hydrogen) atoms. The minimum atomic E-state index is -0.299. The lowest BCUT2D eigenvalue weighted by atomic mass is 10.1. The molecule has 3 heteroatoms. The van der Waals surface area contributed by atoms with Gasteiger partial charge in [-0.2, -0.15) is 0 Å². The molecule has 0 saturated heterocycles. The van der Waals surface area contributed by atoms with Crippen molar-refractivity contribution in [3.8, 4) is 11.3 Å². The fourth-order valence-electron chi connectivity index (χ4n) is 1.92.